The van der Waals surface area contributed by atoms with E-state index in [1.807, 2.05) is 19.1 Å². The van der Waals surface area contributed by atoms with Gasteiger partial charge in [0.25, 0.3) is 0 Å². The van der Waals surface area contributed by atoms with Crippen LogP contribution in [0.15, 0.2) is 35.3 Å². The molecule has 1 amide bonds. The smallest absolute Gasteiger partial charge is 0.243 e. The van der Waals surface area contributed by atoms with Gasteiger partial charge in [-0.05, 0) is 55.9 Å². The van der Waals surface area contributed by atoms with Gasteiger partial charge < -0.3 is 24.6 Å². The molecule has 2 heterocycles. The molecule has 7 nitrogen and oxygen atoms in total. The standard InChI is InChI=1S/C24H36N4O3.HI/c1-4-30-21-10-8-19(9-11-21)20-12-14-28(15-13-20)24(26-18-23(29)27(2)3)25-17-22-7-5-6-16-31-22;/h8-12,22H,4-7,13-18H2,1-3H3,(H,25,26);1H. The molecule has 1 atom stereocenters. The van der Waals surface area contributed by atoms with Crippen molar-refractivity contribution < 1.29 is 14.3 Å². The van der Waals surface area contributed by atoms with E-state index in [1.54, 1.807) is 19.0 Å². The number of amides is 1. The lowest BCUT2D eigenvalue weighted by Gasteiger charge is -2.31. The second-order valence-electron chi connectivity index (χ2n) is 8.18. The highest BCUT2D eigenvalue weighted by molar-refractivity contribution is 14.0. The minimum absolute atomic E-state index is 0. The molecule has 1 aromatic carbocycles. The second-order valence-corrected chi connectivity index (χ2v) is 8.18. The molecular formula is C24H37IN4O3. The Kier molecular flexibility index (Phi) is 11.3. The molecule has 0 radical (unpaired) electrons. The molecule has 1 N–H and O–H groups in total. The molecule has 0 saturated carbocycles. The van der Waals surface area contributed by atoms with Crippen LogP contribution in [0, 0.1) is 0 Å². The fourth-order valence-corrected chi connectivity index (χ4v) is 3.78. The molecule has 3 rings (SSSR count). The van der Waals surface area contributed by atoms with Crippen molar-refractivity contribution in [1.29, 1.82) is 0 Å². The first kappa shape index (κ1) is 26.4. The number of carbonyl (C=O) groups excluding carboxylic acids is 1. The van der Waals surface area contributed by atoms with E-state index < -0.39 is 0 Å². The van der Waals surface area contributed by atoms with Crippen LogP contribution in [0.25, 0.3) is 5.57 Å². The molecule has 8 heteroatoms. The highest BCUT2D eigenvalue weighted by atomic mass is 127. The fourth-order valence-electron chi connectivity index (χ4n) is 3.78. The first-order valence-corrected chi connectivity index (χ1v) is 11.3. The van der Waals surface area contributed by atoms with Crippen LogP contribution in [0.2, 0.25) is 0 Å². The summed E-state index contributed by atoms with van der Waals surface area (Å²) in [4.78, 5) is 20.5. The van der Waals surface area contributed by atoms with Gasteiger partial charge in [-0.2, -0.15) is 0 Å². The zero-order valence-corrected chi connectivity index (χ0v) is 21.8. The number of ether oxygens (including phenoxy) is 2. The summed E-state index contributed by atoms with van der Waals surface area (Å²) in [5.74, 6) is 1.68. The van der Waals surface area contributed by atoms with Gasteiger partial charge in [-0.15, -0.1) is 24.0 Å². The van der Waals surface area contributed by atoms with Crippen LogP contribution in [-0.2, 0) is 9.53 Å². The lowest BCUT2D eigenvalue weighted by atomic mass is 9.99. The number of nitrogens with zero attached hydrogens (tertiary/aromatic N) is 3. The van der Waals surface area contributed by atoms with Crippen molar-refractivity contribution in [1.82, 2.24) is 15.1 Å². The van der Waals surface area contributed by atoms with Crippen molar-refractivity contribution in [3.8, 4) is 5.75 Å². The minimum atomic E-state index is -0.00385. The maximum Gasteiger partial charge on any atom is 0.243 e. The Bertz CT molecular complexity index is 774. The van der Waals surface area contributed by atoms with Crippen LogP contribution < -0.4 is 10.1 Å². The van der Waals surface area contributed by atoms with Crippen molar-refractivity contribution in [2.75, 3.05) is 53.5 Å². The SMILES string of the molecule is CCOc1ccc(C2=CCN(C(=NCC(=O)N(C)C)NCC3CCCCO3)CC2)cc1.I. The fraction of sp³-hybridized carbons (Fsp3) is 0.583. The Hall–Kier alpha value is -1.81. The Morgan fingerprint density at radius 3 is 2.66 bits per heavy atom. The van der Waals surface area contributed by atoms with Gasteiger partial charge in [-0.3, -0.25) is 4.79 Å². The van der Waals surface area contributed by atoms with Gasteiger partial charge >= 0.3 is 0 Å². The monoisotopic (exact) mass is 556 g/mol. The van der Waals surface area contributed by atoms with Crippen LogP contribution in [0.1, 0.15) is 38.2 Å². The molecule has 0 bridgehead atoms. The lowest BCUT2D eigenvalue weighted by Crippen LogP contribution is -2.47. The van der Waals surface area contributed by atoms with Gasteiger partial charge in [-0.25, -0.2) is 4.99 Å². The van der Waals surface area contributed by atoms with Crippen molar-refractivity contribution >= 4 is 41.4 Å². The predicted octanol–water partition coefficient (Wildman–Crippen LogP) is 3.40. The maximum atomic E-state index is 12.1. The molecule has 2 aliphatic heterocycles. The average molecular weight is 556 g/mol. The number of aliphatic imine (C=N–C) groups is 1. The normalized spacial score (nSPS) is 19.0. The average Bonchev–Trinajstić information content (AvgIpc) is 2.80. The van der Waals surface area contributed by atoms with E-state index in [9.17, 15) is 4.79 Å². The summed E-state index contributed by atoms with van der Waals surface area (Å²) in [7, 11) is 3.51. The lowest BCUT2D eigenvalue weighted by molar-refractivity contribution is -0.127. The summed E-state index contributed by atoms with van der Waals surface area (Å²) < 4.78 is 11.4. The number of halogens is 1. The summed E-state index contributed by atoms with van der Waals surface area (Å²) in [6.45, 7) is 5.98. The van der Waals surface area contributed by atoms with Gasteiger partial charge in [0.15, 0.2) is 5.96 Å². The summed E-state index contributed by atoms with van der Waals surface area (Å²) in [5, 5.41) is 3.46. The molecule has 1 unspecified atom stereocenters. The number of hydrogen-bond acceptors (Lipinski definition) is 4. The van der Waals surface area contributed by atoms with Crippen molar-refractivity contribution in [3.05, 3.63) is 35.9 Å². The Labute approximate surface area is 209 Å². The van der Waals surface area contributed by atoms with E-state index in [0.29, 0.717) is 6.61 Å². The first-order chi connectivity index (χ1) is 15.1. The van der Waals surface area contributed by atoms with Gasteiger partial charge in [0, 0.05) is 40.3 Å². The number of nitrogens with one attached hydrogen (secondary N) is 1. The molecule has 178 valence electrons. The molecule has 0 aromatic heterocycles. The van der Waals surface area contributed by atoms with E-state index in [4.69, 9.17) is 9.47 Å². The maximum absolute atomic E-state index is 12.1. The third-order valence-corrected chi connectivity index (χ3v) is 5.67. The van der Waals surface area contributed by atoms with Crippen molar-refractivity contribution in [2.45, 2.75) is 38.7 Å². The summed E-state index contributed by atoms with van der Waals surface area (Å²) in [6.07, 6.45) is 6.80. The van der Waals surface area contributed by atoms with Gasteiger partial charge in [0.05, 0.1) is 12.7 Å². The molecular weight excluding hydrogens is 519 g/mol. The van der Waals surface area contributed by atoms with Crippen LogP contribution in [-0.4, -0.2) is 81.3 Å². The molecule has 2 aliphatic rings. The largest absolute Gasteiger partial charge is 0.494 e. The van der Waals surface area contributed by atoms with Gasteiger partial charge in [0.2, 0.25) is 5.91 Å². The van der Waals surface area contributed by atoms with Crippen LogP contribution >= 0.6 is 24.0 Å². The van der Waals surface area contributed by atoms with Crippen molar-refractivity contribution in [2.24, 2.45) is 4.99 Å². The zero-order valence-electron chi connectivity index (χ0n) is 19.5. The molecule has 0 spiro atoms. The zero-order chi connectivity index (χ0) is 22.1. The highest BCUT2D eigenvalue weighted by Crippen LogP contribution is 2.24. The third kappa shape index (κ3) is 7.95. The molecule has 1 saturated heterocycles. The van der Waals surface area contributed by atoms with Gasteiger partial charge in [0.1, 0.15) is 12.3 Å². The first-order valence-electron chi connectivity index (χ1n) is 11.3. The van der Waals surface area contributed by atoms with E-state index in [0.717, 1.165) is 57.2 Å². The Balaban J connectivity index is 0.00000363. The number of guanidine groups is 1. The highest BCUT2D eigenvalue weighted by Gasteiger charge is 2.20. The summed E-state index contributed by atoms with van der Waals surface area (Å²) in [5.41, 5.74) is 2.56. The van der Waals surface area contributed by atoms with E-state index >= 15 is 0 Å². The molecule has 0 aliphatic carbocycles. The molecule has 1 fully saturated rings. The van der Waals surface area contributed by atoms with Crippen molar-refractivity contribution in [3.63, 3.8) is 0 Å². The summed E-state index contributed by atoms with van der Waals surface area (Å²) in [6, 6.07) is 8.29. The third-order valence-electron chi connectivity index (χ3n) is 5.67. The summed E-state index contributed by atoms with van der Waals surface area (Å²) >= 11 is 0. The topological polar surface area (TPSA) is 66.4 Å². The molecule has 1 aromatic rings. The van der Waals surface area contributed by atoms with Crippen LogP contribution in [0.5, 0.6) is 5.75 Å². The number of rotatable bonds is 7. The number of likely N-dealkylation sites (N-methyl/N-ethyl adjacent to an activating group) is 1. The second kappa shape index (κ2) is 13.7. The van der Waals surface area contributed by atoms with E-state index in [1.165, 1.54) is 17.6 Å². The molecule has 32 heavy (non-hydrogen) atoms. The minimum Gasteiger partial charge on any atom is -0.494 e. The van der Waals surface area contributed by atoms with E-state index in [2.05, 4.69) is 33.4 Å². The predicted molar refractivity (Wildman–Crippen MR) is 140 cm³/mol. The van der Waals surface area contributed by atoms with Crippen LogP contribution in [0.3, 0.4) is 0 Å². The Morgan fingerprint density at radius 2 is 2.06 bits per heavy atom. The quantitative estimate of drug-likeness (QED) is 0.317. The number of carbonyl (C=O) groups is 1. The Morgan fingerprint density at radius 1 is 1.28 bits per heavy atom. The number of hydrogen-bond donors (Lipinski definition) is 1. The van der Waals surface area contributed by atoms with E-state index in [-0.39, 0.29) is 42.5 Å². The van der Waals surface area contributed by atoms with Crippen LogP contribution in [0.4, 0.5) is 0 Å². The van der Waals surface area contributed by atoms with Gasteiger partial charge in [-0.1, -0.05) is 18.2 Å². The number of benzene rings is 1.